The Morgan fingerprint density at radius 1 is 1.15 bits per heavy atom. The van der Waals surface area contributed by atoms with Crippen LogP contribution in [0.15, 0.2) is 41.3 Å². The third-order valence-electron chi connectivity index (χ3n) is 3.70. The van der Waals surface area contributed by atoms with Gasteiger partial charge in [0.1, 0.15) is 0 Å². The zero-order chi connectivity index (χ0) is 20.2. The number of halogens is 4. The average Bonchev–Trinajstić information content (AvgIpc) is 2.60. The highest BCUT2D eigenvalue weighted by molar-refractivity contribution is 7.89. The lowest BCUT2D eigenvalue weighted by Gasteiger charge is -2.18. The van der Waals surface area contributed by atoms with Crippen LogP contribution in [-0.4, -0.2) is 32.8 Å². The van der Waals surface area contributed by atoms with E-state index in [0.717, 1.165) is 12.1 Å². The van der Waals surface area contributed by atoms with Crippen molar-refractivity contribution in [1.29, 1.82) is 0 Å². The molecule has 0 heterocycles. The topological polar surface area (TPSA) is 66.5 Å². The minimum absolute atomic E-state index is 0.127. The first-order valence-electron chi connectivity index (χ1n) is 7.73. The van der Waals surface area contributed by atoms with E-state index in [2.05, 4.69) is 4.72 Å². The number of hydrogen-bond acceptors (Lipinski definition) is 3. The van der Waals surface area contributed by atoms with Gasteiger partial charge in [0.25, 0.3) is 0 Å². The van der Waals surface area contributed by atoms with E-state index in [1.54, 1.807) is 25.2 Å². The fourth-order valence-electron chi connectivity index (χ4n) is 2.22. The van der Waals surface area contributed by atoms with Crippen molar-refractivity contribution in [3.8, 4) is 0 Å². The Balaban J connectivity index is 1.92. The maximum Gasteiger partial charge on any atom is 0.240 e. The highest BCUT2D eigenvalue weighted by atomic mass is 35.5. The summed E-state index contributed by atoms with van der Waals surface area (Å²) in [5.74, 6) is -2.75. The van der Waals surface area contributed by atoms with E-state index in [9.17, 15) is 22.0 Å². The van der Waals surface area contributed by atoms with E-state index < -0.39 is 26.6 Å². The van der Waals surface area contributed by atoms with Crippen molar-refractivity contribution in [2.75, 3.05) is 13.6 Å². The Kier molecular flexibility index (Phi) is 7.16. The van der Waals surface area contributed by atoms with Crippen LogP contribution in [-0.2, 0) is 21.4 Å². The lowest BCUT2D eigenvalue weighted by Crippen LogP contribution is -2.32. The van der Waals surface area contributed by atoms with E-state index in [4.69, 9.17) is 23.2 Å². The van der Waals surface area contributed by atoms with Crippen molar-refractivity contribution >= 4 is 39.1 Å². The van der Waals surface area contributed by atoms with Crippen LogP contribution in [0.25, 0.3) is 0 Å². The van der Waals surface area contributed by atoms with Gasteiger partial charge in [-0.25, -0.2) is 21.9 Å². The Bertz CT molecular complexity index is 955. The molecule has 0 aromatic heterocycles. The summed E-state index contributed by atoms with van der Waals surface area (Å²) >= 11 is 12.0. The second kappa shape index (κ2) is 8.97. The molecule has 0 bridgehead atoms. The lowest BCUT2D eigenvalue weighted by molar-refractivity contribution is -0.130. The first kappa shape index (κ1) is 21.6. The zero-order valence-corrected chi connectivity index (χ0v) is 16.5. The van der Waals surface area contributed by atoms with E-state index in [1.807, 2.05) is 0 Å². The quantitative estimate of drug-likeness (QED) is 0.720. The third-order valence-corrected chi connectivity index (χ3v) is 6.01. The van der Waals surface area contributed by atoms with Gasteiger partial charge in [-0.3, -0.25) is 4.79 Å². The van der Waals surface area contributed by atoms with Crippen molar-refractivity contribution < 1.29 is 22.0 Å². The molecule has 0 unspecified atom stereocenters. The summed E-state index contributed by atoms with van der Waals surface area (Å²) in [6, 6.07) is 7.30. The van der Waals surface area contributed by atoms with Gasteiger partial charge in [0.15, 0.2) is 11.6 Å². The summed E-state index contributed by atoms with van der Waals surface area (Å²) < 4.78 is 52.4. The molecule has 10 heteroatoms. The predicted octanol–water partition coefficient (Wildman–Crippen LogP) is 3.60. The summed E-state index contributed by atoms with van der Waals surface area (Å²) in [5.41, 5.74) is 0.655. The minimum atomic E-state index is -4.06. The molecule has 2 aromatic carbocycles. The van der Waals surface area contributed by atoms with Gasteiger partial charge in [0.2, 0.25) is 15.9 Å². The van der Waals surface area contributed by atoms with E-state index in [1.165, 1.54) is 4.90 Å². The van der Waals surface area contributed by atoms with Crippen molar-refractivity contribution in [1.82, 2.24) is 9.62 Å². The molecular weight excluding hydrogens is 421 g/mol. The van der Waals surface area contributed by atoms with Gasteiger partial charge in [-0.1, -0.05) is 35.3 Å². The molecule has 5 nitrogen and oxygen atoms in total. The van der Waals surface area contributed by atoms with Gasteiger partial charge in [-0.2, -0.15) is 0 Å². The van der Waals surface area contributed by atoms with Crippen LogP contribution >= 0.6 is 23.2 Å². The molecule has 2 aromatic rings. The summed E-state index contributed by atoms with van der Waals surface area (Å²) in [6.45, 7) is 0.00191. The number of amides is 1. The monoisotopic (exact) mass is 436 g/mol. The highest BCUT2D eigenvalue weighted by Gasteiger charge is 2.18. The van der Waals surface area contributed by atoms with Crippen LogP contribution in [0.4, 0.5) is 8.78 Å². The highest BCUT2D eigenvalue weighted by Crippen LogP contribution is 2.26. The van der Waals surface area contributed by atoms with Gasteiger partial charge < -0.3 is 4.90 Å². The van der Waals surface area contributed by atoms with E-state index in [0.29, 0.717) is 21.7 Å². The van der Waals surface area contributed by atoms with Gasteiger partial charge >= 0.3 is 0 Å². The van der Waals surface area contributed by atoms with Crippen LogP contribution in [0.2, 0.25) is 10.0 Å². The summed E-state index contributed by atoms with van der Waals surface area (Å²) in [4.78, 5) is 13.1. The van der Waals surface area contributed by atoms with Gasteiger partial charge in [-0.15, -0.1) is 0 Å². The number of carbonyl (C=O) groups is 1. The Labute approximate surface area is 165 Å². The normalized spacial score (nSPS) is 11.4. The minimum Gasteiger partial charge on any atom is -0.341 e. The van der Waals surface area contributed by atoms with Gasteiger partial charge in [0, 0.05) is 26.6 Å². The zero-order valence-electron chi connectivity index (χ0n) is 14.2. The number of carbonyl (C=O) groups excluding carboxylic acids is 1. The van der Waals surface area contributed by atoms with Crippen LogP contribution < -0.4 is 4.72 Å². The van der Waals surface area contributed by atoms with E-state index >= 15 is 0 Å². The van der Waals surface area contributed by atoms with Crippen molar-refractivity contribution in [2.45, 2.75) is 17.9 Å². The number of nitrogens with zero attached hydrogens (tertiary/aromatic N) is 1. The number of rotatable bonds is 7. The molecule has 0 aliphatic heterocycles. The molecule has 0 aliphatic rings. The molecule has 1 amide bonds. The SMILES string of the molecule is CN(Cc1cccc(Cl)c1Cl)C(=O)CCNS(=O)(=O)c1ccc(F)c(F)c1. The fourth-order valence-corrected chi connectivity index (χ4v) is 3.65. The largest absolute Gasteiger partial charge is 0.341 e. The molecule has 1 N–H and O–H groups in total. The predicted molar refractivity (Wildman–Crippen MR) is 99.1 cm³/mol. The molecule has 0 fully saturated rings. The summed E-state index contributed by atoms with van der Waals surface area (Å²) in [7, 11) is -2.51. The van der Waals surface area contributed by atoms with Crippen LogP contribution in [0.5, 0.6) is 0 Å². The van der Waals surface area contributed by atoms with Gasteiger partial charge in [0.05, 0.1) is 14.9 Å². The van der Waals surface area contributed by atoms with E-state index in [-0.39, 0.29) is 25.4 Å². The molecule has 0 radical (unpaired) electrons. The first-order chi connectivity index (χ1) is 12.6. The summed E-state index contributed by atoms with van der Waals surface area (Å²) in [5, 5.41) is 0.715. The van der Waals surface area contributed by atoms with Crippen LogP contribution in [0.1, 0.15) is 12.0 Å². The van der Waals surface area contributed by atoms with Crippen LogP contribution in [0.3, 0.4) is 0 Å². The van der Waals surface area contributed by atoms with Crippen LogP contribution in [0, 0.1) is 11.6 Å². The smallest absolute Gasteiger partial charge is 0.240 e. The number of benzene rings is 2. The maximum absolute atomic E-state index is 13.2. The standard InChI is InChI=1S/C17H16Cl2F2N2O3S/c1-23(10-11-3-2-4-13(18)17(11)19)16(24)7-8-22-27(25,26)12-5-6-14(20)15(21)9-12/h2-6,9,22H,7-8,10H2,1H3. The Morgan fingerprint density at radius 2 is 1.85 bits per heavy atom. The Morgan fingerprint density at radius 3 is 2.52 bits per heavy atom. The molecule has 0 saturated heterocycles. The molecule has 0 saturated carbocycles. The molecule has 2 rings (SSSR count). The molecule has 0 aliphatic carbocycles. The summed E-state index contributed by atoms with van der Waals surface area (Å²) in [6.07, 6.45) is -0.127. The number of sulfonamides is 1. The third kappa shape index (κ3) is 5.62. The average molecular weight is 437 g/mol. The molecule has 27 heavy (non-hydrogen) atoms. The Hall–Kier alpha value is -1.74. The lowest BCUT2D eigenvalue weighted by atomic mass is 10.2. The molecule has 0 atom stereocenters. The molecule has 0 spiro atoms. The number of hydrogen-bond donors (Lipinski definition) is 1. The maximum atomic E-state index is 13.2. The fraction of sp³-hybridized carbons (Fsp3) is 0.235. The van der Waals surface area contributed by atoms with Gasteiger partial charge in [-0.05, 0) is 29.8 Å². The second-order valence-electron chi connectivity index (χ2n) is 5.69. The molecule has 146 valence electrons. The molecular formula is C17H16Cl2F2N2O3S. The van der Waals surface area contributed by atoms with Crippen molar-refractivity contribution in [2.24, 2.45) is 0 Å². The second-order valence-corrected chi connectivity index (χ2v) is 8.24. The number of nitrogens with one attached hydrogen (secondary N) is 1. The first-order valence-corrected chi connectivity index (χ1v) is 9.97. The van der Waals surface area contributed by atoms with Crippen molar-refractivity contribution in [3.63, 3.8) is 0 Å². The van der Waals surface area contributed by atoms with Crippen molar-refractivity contribution in [3.05, 3.63) is 63.6 Å².